The van der Waals surface area contributed by atoms with Crippen molar-refractivity contribution < 1.29 is 14.4 Å². The Hall–Kier alpha value is -3.75. The third-order valence-corrected chi connectivity index (χ3v) is 7.07. The highest BCUT2D eigenvalue weighted by molar-refractivity contribution is 6.44. The van der Waals surface area contributed by atoms with Crippen LogP contribution in [-0.2, 0) is 17.8 Å². The summed E-state index contributed by atoms with van der Waals surface area (Å²) in [6.07, 6.45) is 0.314. The molecule has 8 nitrogen and oxygen atoms in total. The van der Waals surface area contributed by atoms with Crippen LogP contribution >= 0.6 is 23.2 Å². The van der Waals surface area contributed by atoms with Crippen LogP contribution in [0.25, 0.3) is 0 Å². The molecular formula is C28H29Cl2N5O3. The number of rotatable bonds is 7. The van der Waals surface area contributed by atoms with Crippen molar-refractivity contribution in [3.63, 3.8) is 0 Å². The highest BCUT2D eigenvalue weighted by Gasteiger charge is 2.30. The zero-order valence-corrected chi connectivity index (χ0v) is 22.2. The van der Waals surface area contributed by atoms with Crippen molar-refractivity contribution in [1.82, 2.24) is 20.4 Å². The van der Waals surface area contributed by atoms with E-state index >= 15 is 0 Å². The van der Waals surface area contributed by atoms with Crippen LogP contribution in [0.5, 0.6) is 0 Å². The molecular weight excluding hydrogens is 525 g/mol. The Kier molecular flexibility index (Phi) is 9.46. The molecule has 3 N–H and O–H groups in total. The lowest BCUT2D eigenvalue weighted by atomic mass is 10.0. The highest BCUT2D eigenvalue weighted by atomic mass is 35.5. The van der Waals surface area contributed by atoms with Gasteiger partial charge in [-0.25, -0.2) is 9.59 Å². The summed E-state index contributed by atoms with van der Waals surface area (Å²) < 4.78 is 0. The van der Waals surface area contributed by atoms with Crippen LogP contribution in [0.3, 0.4) is 0 Å². The summed E-state index contributed by atoms with van der Waals surface area (Å²) in [5.41, 5.74) is 2.27. The van der Waals surface area contributed by atoms with Crippen molar-refractivity contribution in [2.75, 3.05) is 31.5 Å². The van der Waals surface area contributed by atoms with E-state index in [2.05, 4.69) is 16.0 Å². The standard InChI is InChI=1S/C28H29Cl2N5O3/c29-22-12-7-13-23(25(22)30)32-27(37)33-24(18-20-8-3-1-4-9-20)26(36)34-14-16-35(17-15-34)28(38)31-19-21-10-5-2-6-11-21/h1-13,24H,14-19H2,(H,31,38)(H2,32,33,37). The average Bonchev–Trinajstić information content (AvgIpc) is 2.94. The van der Waals surface area contributed by atoms with Crippen LogP contribution in [0.15, 0.2) is 78.9 Å². The summed E-state index contributed by atoms with van der Waals surface area (Å²) >= 11 is 12.2. The van der Waals surface area contributed by atoms with Gasteiger partial charge in [-0.3, -0.25) is 4.79 Å². The van der Waals surface area contributed by atoms with Crippen molar-refractivity contribution >= 4 is 46.9 Å². The topological polar surface area (TPSA) is 93.8 Å². The molecule has 0 aliphatic carbocycles. The fourth-order valence-electron chi connectivity index (χ4n) is 4.20. The molecule has 1 unspecified atom stereocenters. The van der Waals surface area contributed by atoms with E-state index in [1.54, 1.807) is 28.0 Å². The Morgan fingerprint density at radius 1 is 0.763 bits per heavy atom. The van der Waals surface area contributed by atoms with E-state index in [1.807, 2.05) is 60.7 Å². The second-order valence-electron chi connectivity index (χ2n) is 8.90. The van der Waals surface area contributed by atoms with Gasteiger partial charge in [0.05, 0.1) is 15.7 Å². The van der Waals surface area contributed by atoms with Gasteiger partial charge in [-0.1, -0.05) is 89.9 Å². The maximum Gasteiger partial charge on any atom is 0.319 e. The number of anilines is 1. The maximum absolute atomic E-state index is 13.5. The predicted octanol–water partition coefficient (Wildman–Crippen LogP) is 4.78. The summed E-state index contributed by atoms with van der Waals surface area (Å²) in [5.74, 6) is -0.217. The van der Waals surface area contributed by atoms with Gasteiger partial charge in [-0.2, -0.15) is 0 Å². The summed E-state index contributed by atoms with van der Waals surface area (Å²) in [6.45, 7) is 1.97. The number of carbonyl (C=O) groups excluding carboxylic acids is 3. The normalized spacial score (nSPS) is 13.9. The van der Waals surface area contributed by atoms with E-state index in [4.69, 9.17) is 23.2 Å². The first-order valence-electron chi connectivity index (χ1n) is 12.3. The monoisotopic (exact) mass is 553 g/mol. The fraction of sp³-hybridized carbons (Fsp3) is 0.250. The number of urea groups is 2. The SMILES string of the molecule is O=C(Nc1cccc(Cl)c1Cl)NC(Cc1ccccc1)C(=O)N1CCN(C(=O)NCc2ccccc2)CC1. The van der Waals surface area contributed by atoms with Crippen LogP contribution in [0.1, 0.15) is 11.1 Å². The molecule has 5 amide bonds. The molecule has 0 radical (unpaired) electrons. The van der Waals surface area contributed by atoms with E-state index in [9.17, 15) is 14.4 Å². The lowest BCUT2D eigenvalue weighted by Crippen LogP contribution is -2.57. The quantitative estimate of drug-likeness (QED) is 0.393. The van der Waals surface area contributed by atoms with Crippen molar-refractivity contribution in [3.8, 4) is 0 Å². The molecule has 1 aliphatic rings. The second-order valence-corrected chi connectivity index (χ2v) is 9.68. The fourth-order valence-corrected chi connectivity index (χ4v) is 4.55. The molecule has 3 aromatic rings. The molecule has 1 aliphatic heterocycles. The van der Waals surface area contributed by atoms with Gasteiger partial charge in [-0.05, 0) is 23.3 Å². The van der Waals surface area contributed by atoms with Crippen LogP contribution in [0.4, 0.5) is 15.3 Å². The van der Waals surface area contributed by atoms with Crippen LogP contribution in [0, 0.1) is 0 Å². The maximum atomic E-state index is 13.5. The van der Waals surface area contributed by atoms with E-state index in [0.29, 0.717) is 49.9 Å². The van der Waals surface area contributed by atoms with Crippen molar-refractivity contribution in [2.24, 2.45) is 0 Å². The minimum Gasteiger partial charge on any atom is -0.337 e. The summed E-state index contributed by atoms with van der Waals surface area (Å²) in [5, 5.41) is 8.93. The number of amides is 5. The van der Waals surface area contributed by atoms with Crippen molar-refractivity contribution in [2.45, 2.75) is 19.0 Å². The Morgan fingerprint density at radius 3 is 2.03 bits per heavy atom. The molecule has 10 heteroatoms. The first kappa shape index (κ1) is 27.3. The zero-order valence-electron chi connectivity index (χ0n) is 20.7. The average molecular weight is 554 g/mol. The number of halogens is 2. The van der Waals surface area contributed by atoms with Gasteiger partial charge in [0.2, 0.25) is 5.91 Å². The predicted molar refractivity (Wildman–Crippen MR) is 149 cm³/mol. The summed E-state index contributed by atoms with van der Waals surface area (Å²) in [4.78, 5) is 42.4. The minimum atomic E-state index is -0.811. The smallest absolute Gasteiger partial charge is 0.319 e. The molecule has 1 heterocycles. The first-order valence-corrected chi connectivity index (χ1v) is 13.1. The minimum absolute atomic E-state index is 0.169. The Morgan fingerprint density at radius 2 is 1.37 bits per heavy atom. The van der Waals surface area contributed by atoms with Crippen LogP contribution in [0.2, 0.25) is 10.0 Å². The van der Waals surface area contributed by atoms with Crippen molar-refractivity contribution in [3.05, 3.63) is 100 Å². The number of hydrogen-bond acceptors (Lipinski definition) is 3. The molecule has 0 bridgehead atoms. The number of hydrogen-bond donors (Lipinski definition) is 3. The number of nitrogens with one attached hydrogen (secondary N) is 3. The molecule has 3 aromatic carbocycles. The molecule has 4 rings (SSSR count). The number of benzene rings is 3. The largest absolute Gasteiger partial charge is 0.337 e. The van der Waals surface area contributed by atoms with Crippen LogP contribution in [-0.4, -0.2) is 60.0 Å². The Labute approximate surface area is 231 Å². The zero-order chi connectivity index (χ0) is 26.9. The van der Waals surface area contributed by atoms with Gasteiger partial charge >= 0.3 is 12.1 Å². The van der Waals surface area contributed by atoms with Crippen LogP contribution < -0.4 is 16.0 Å². The lowest BCUT2D eigenvalue weighted by molar-refractivity contribution is -0.134. The number of carbonyl (C=O) groups is 3. The van der Waals surface area contributed by atoms with Crippen molar-refractivity contribution in [1.29, 1.82) is 0 Å². The third-order valence-electron chi connectivity index (χ3n) is 6.25. The van der Waals surface area contributed by atoms with E-state index < -0.39 is 12.1 Å². The van der Waals surface area contributed by atoms with E-state index in [0.717, 1.165) is 11.1 Å². The number of piperazine rings is 1. The lowest BCUT2D eigenvalue weighted by Gasteiger charge is -2.36. The third kappa shape index (κ3) is 7.40. The summed E-state index contributed by atoms with van der Waals surface area (Å²) in [7, 11) is 0. The van der Waals surface area contributed by atoms with Gasteiger partial charge in [0.15, 0.2) is 0 Å². The Bertz CT molecular complexity index is 1250. The molecule has 38 heavy (non-hydrogen) atoms. The first-order chi connectivity index (χ1) is 18.4. The molecule has 0 aromatic heterocycles. The van der Waals surface area contributed by atoms with E-state index in [1.165, 1.54) is 0 Å². The van der Waals surface area contributed by atoms with Gasteiger partial charge in [0.25, 0.3) is 0 Å². The highest BCUT2D eigenvalue weighted by Crippen LogP contribution is 2.29. The number of nitrogens with zero attached hydrogens (tertiary/aromatic N) is 2. The Balaban J connectivity index is 1.36. The molecule has 1 atom stereocenters. The molecule has 1 saturated heterocycles. The molecule has 1 fully saturated rings. The molecule has 198 valence electrons. The van der Waals surface area contributed by atoms with Gasteiger partial charge in [0, 0.05) is 39.1 Å². The van der Waals surface area contributed by atoms with Gasteiger partial charge in [-0.15, -0.1) is 0 Å². The van der Waals surface area contributed by atoms with E-state index in [-0.39, 0.29) is 17.0 Å². The van der Waals surface area contributed by atoms with Gasteiger partial charge in [0.1, 0.15) is 6.04 Å². The second kappa shape index (κ2) is 13.2. The molecule has 0 saturated carbocycles. The van der Waals surface area contributed by atoms with Gasteiger partial charge < -0.3 is 25.8 Å². The molecule has 0 spiro atoms. The summed E-state index contributed by atoms with van der Waals surface area (Å²) in [6, 6.07) is 22.5.